The molecule has 0 saturated carbocycles. The zero-order chi connectivity index (χ0) is 12.1. The van der Waals surface area contributed by atoms with Crippen molar-refractivity contribution in [2.45, 2.75) is 19.9 Å². The summed E-state index contributed by atoms with van der Waals surface area (Å²) < 4.78 is 0. The lowest BCUT2D eigenvalue weighted by atomic mass is 10.2. The summed E-state index contributed by atoms with van der Waals surface area (Å²) in [6, 6.07) is 6.39. The molecule has 5 heteroatoms. The second-order valence-corrected chi connectivity index (χ2v) is 3.99. The first kappa shape index (κ1) is 12.3. The van der Waals surface area contributed by atoms with Gasteiger partial charge in [-0.15, -0.1) is 0 Å². The number of carbonyl (C=O) groups excluding carboxylic acids is 1. The summed E-state index contributed by atoms with van der Waals surface area (Å²) in [6.07, 6.45) is 0. The molecule has 0 aliphatic carbocycles. The Morgan fingerprint density at radius 3 is 2.75 bits per heavy atom. The number of nitrogens with zero attached hydrogens (tertiary/aromatic N) is 1. The van der Waals surface area contributed by atoms with Gasteiger partial charge in [-0.2, -0.15) is 5.26 Å². The average Bonchev–Trinajstić information content (AvgIpc) is 2.19. The first-order valence-electron chi connectivity index (χ1n) is 4.80. The smallest absolute Gasteiger partial charge is 0.319 e. The Hall–Kier alpha value is -1.73. The molecule has 0 bridgehead atoms. The summed E-state index contributed by atoms with van der Waals surface area (Å²) in [4.78, 5) is 11.4. The molecule has 0 fully saturated rings. The van der Waals surface area contributed by atoms with Crippen LogP contribution in [0.4, 0.5) is 10.5 Å². The third-order valence-electron chi connectivity index (χ3n) is 1.77. The van der Waals surface area contributed by atoms with Crippen LogP contribution in [-0.2, 0) is 0 Å². The van der Waals surface area contributed by atoms with Gasteiger partial charge in [0.25, 0.3) is 0 Å². The van der Waals surface area contributed by atoms with Crippen LogP contribution < -0.4 is 10.6 Å². The molecule has 0 aliphatic heterocycles. The predicted octanol–water partition coefficient (Wildman–Crippen LogP) is 2.74. The number of nitriles is 1. The van der Waals surface area contributed by atoms with Crippen LogP contribution in [-0.4, -0.2) is 12.1 Å². The second-order valence-electron chi connectivity index (χ2n) is 3.55. The maximum Gasteiger partial charge on any atom is 0.319 e. The van der Waals surface area contributed by atoms with Crippen LogP contribution in [0, 0.1) is 11.3 Å². The van der Waals surface area contributed by atoms with Gasteiger partial charge in [-0.05, 0) is 32.0 Å². The Morgan fingerprint density at radius 2 is 2.19 bits per heavy atom. The van der Waals surface area contributed by atoms with Crippen molar-refractivity contribution in [3.05, 3.63) is 28.8 Å². The van der Waals surface area contributed by atoms with E-state index in [1.54, 1.807) is 12.1 Å². The van der Waals surface area contributed by atoms with Crippen LogP contribution in [0.15, 0.2) is 18.2 Å². The number of halogens is 1. The minimum atomic E-state index is -0.339. The zero-order valence-corrected chi connectivity index (χ0v) is 9.80. The van der Waals surface area contributed by atoms with Crippen molar-refractivity contribution < 1.29 is 4.79 Å². The SMILES string of the molecule is CC(C)NC(=O)Nc1ccc(Cl)cc1C#N. The third kappa shape index (κ3) is 3.44. The van der Waals surface area contributed by atoms with Gasteiger partial charge in [0.05, 0.1) is 11.3 Å². The fraction of sp³-hybridized carbons (Fsp3) is 0.273. The maximum atomic E-state index is 11.4. The number of anilines is 1. The van der Waals surface area contributed by atoms with Gasteiger partial charge in [0.1, 0.15) is 6.07 Å². The Bertz CT molecular complexity index is 437. The van der Waals surface area contributed by atoms with Crippen LogP contribution in [0.1, 0.15) is 19.4 Å². The third-order valence-corrected chi connectivity index (χ3v) is 2.01. The Morgan fingerprint density at radius 1 is 1.50 bits per heavy atom. The number of rotatable bonds is 2. The monoisotopic (exact) mass is 237 g/mol. The van der Waals surface area contributed by atoms with E-state index in [0.29, 0.717) is 16.3 Å². The summed E-state index contributed by atoms with van der Waals surface area (Å²) in [5, 5.41) is 14.6. The van der Waals surface area contributed by atoms with Crippen LogP contribution in [0.3, 0.4) is 0 Å². The molecule has 2 amide bonds. The van der Waals surface area contributed by atoms with E-state index in [9.17, 15) is 4.79 Å². The fourth-order valence-electron chi connectivity index (χ4n) is 1.14. The van der Waals surface area contributed by atoms with Crippen molar-refractivity contribution in [3.63, 3.8) is 0 Å². The van der Waals surface area contributed by atoms with Gasteiger partial charge < -0.3 is 10.6 Å². The topological polar surface area (TPSA) is 64.9 Å². The van der Waals surface area contributed by atoms with Gasteiger partial charge in [0.15, 0.2) is 0 Å². The summed E-state index contributed by atoms with van der Waals surface area (Å²) in [6.45, 7) is 3.71. The van der Waals surface area contributed by atoms with Crippen LogP contribution in [0.5, 0.6) is 0 Å². The van der Waals surface area contributed by atoms with Gasteiger partial charge in [-0.3, -0.25) is 0 Å². The van der Waals surface area contributed by atoms with E-state index < -0.39 is 0 Å². The lowest BCUT2D eigenvalue weighted by molar-refractivity contribution is 0.250. The minimum Gasteiger partial charge on any atom is -0.336 e. The van der Waals surface area contributed by atoms with Gasteiger partial charge in [-0.25, -0.2) is 4.79 Å². The number of carbonyl (C=O) groups is 1. The van der Waals surface area contributed by atoms with Crippen molar-refractivity contribution >= 4 is 23.3 Å². The quantitative estimate of drug-likeness (QED) is 0.831. The van der Waals surface area contributed by atoms with Gasteiger partial charge in [0.2, 0.25) is 0 Å². The van der Waals surface area contributed by atoms with Crippen molar-refractivity contribution in [1.82, 2.24) is 5.32 Å². The first-order valence-corrected chi connectivity index (χ1v) is 5.18. The number of hydrogen-bond donors (Lipinski definition) is 2. The lowest BCUT2D eigenvalue weighted by Crippen LogP contribution is -2.34. The standard InChI is InChI=1S/C11H12ClN3O/c1-7(2)14-11(16)15-10-4-3-9(12)5-8(10)6-13/h3-5,7H,1-2H3,(H2,14,15,16). The molecule has 1 aromatic carbocycles. The molecular formula is C11H12ClN3O. The molecule has 16 heavy (non-hydrogen) atoms. The molecule has 0 saturated heterocycles. The highest BCUT2D eigenvalue weighted by Gasteiger charge is 2.07. The van der Waals surface area contributed by atoms with Crippen molar-refractivity contribution in [2.24, 2.45) is 0 Å². The van der Waals surface area contributed by atoms with Gasteiger partial charge >= 0.3 is 6.03 Å². The summed E-state index contributed by atoms with van der Waals surface area (Å²) >= 11 is 5.74. The number of urea groups is 1. The highest BCUT2D eigenvalue weighted by atomic mass is 35.5. The summed E-state index contributed by atoms with van der Waals surface area (Å²) in [5.74, 6) is 0. The van der Waals surface area contributed by atoms with Crippen LogP contribution in [0.2, 0.25) is 5.02 Å². The predicted molar refractivity (Wildman–Crippen MR) is 63.5 cm³/mol. The van der Waals surface area contributed by atoms with E-state index in [4.69, 9.17) is 16.9 Å². The first-order chi connectivity index (χ1) is 7.52. The molecule has 0 atom stereocenters. The highest BCUT2D eigenvalue weighted by molar-refractivity contribution is 6.30. The number of amides is 2. The Kier molecular flexibility index (Phi) is 4.15. The molecule has 0 radical (unpaired) electrons. The van der Waals surface area contributed by atoms with Crippen LogP contribution >= 0.6 is 11.6 Å². The molecule has 84 valence electrons. The molecule has 0 unspecified atom stereocenters. The van der Waals surface area contributed by atoms with E-state index in [0.717, 1.165) is 0 Å². The van der Waals surface area contributed by atoms with Crippen molar-refractivity contribution in [2.75, 3.05) is 5.32 Å². The average molecular weight is 238 g/mol. The zero-order valence-electron chi connectivity index (χ0n) is 9.04. The van der Waals surface area contributed by atoms with Crippen molar-refractivity contribution in [3.8, 4) is 6.07 Å². The van der Waals surface area contributed by atoms with Gasteiger partial charge in [-0.1, -0.05) is 11.6 Å². The molecule has 0 spiro atoms. The van der Waals surface area contributed by atoms with E-state index in [-0.39, 0.29) is 12.1 Å². The maximum absolute atomic E-state index is 11.4. The molecule has 4 nitrogen and oxygen atoms in total. The molecule has 0 aliphatic rings. The normalized spacial score (nSPS) is 9.69. The number of nitrogens with one attached hydrogen (secondary N) is 2. The van der Waals surface area contributed by atoms with E-state index >= 15 is 0 Å². The Labute approximate surface area is 99.2 Å². The fourth-order valence-corrected chi connectivity index (χ4v) is 1.31. The molecule has 0 aromatic heterocycles. The van der Waals surface area contributed by atoms with E-state index in [1.807, 2.05) is 19.9 Å². The largest absolute Gasteiger partial charge is 0.336 e. The molecule has 1 aromatic rings. The van der Waals surface area contributed by atoms with Crippen LogP contribution in [0.25, 0.3) is 0 Å². The summed E-state index contributed by atoms with van der Waals surface area (Å²) in [7, 11) is 0. The van der Waals surface area contributed by atoms with E-state index in [1.165, 1.54) is 6.07 Å². The van der Waals surface area contributed by atoms with Crippen molar-refractivity contribution in [1.29, 1.82) is 5.26 Å². The number of benzene rings is 1. The second kappa shape index (κ2) is 5.38. The molecule has 2 N–H and O–H groups in total. The number of hydrogen-bond acceptors (Lipinski definition) is 2. The molecular weight excluding hydrogens is 226 g/mol. The van der Waals surface area contributed by atoms with Gasteiger partial charge in [0, 0.05) is 11.1 Å². The summed E-state index contributed by atoms with van der Waals surface area (Å²) in [5.41, 5.74) is 0.788. The highest BCUT2D eigenvalue weighted by Crippen LogP contribution is 2.19. The minimum absolute atomic E-state index is 0.0397. The Balaban J connectivity index is 2.82. The molecule has 1 rings (SSSR count). The van der Waals surface area contributed by atoms with E-state index in [2.05, 4.69) is 10.6 Å². The molecule has 0 heterocycles. The lowest BCUT2D eigenvalue weighted by Gasteiger charge is -2.11.